The molecule has 33 heavy (non-hydrogen) atoms. The van der Waals surface area contributed by atoms with Gasteiger partial charge in [0.05, 0.1) is 11.4 Å². The number of rotatable bonds is 10. The average Bonchev–Trinajstić information content (AvgIpc) is 3.23. The molecule has 7 nitrogen and oxygen atoms in total. The maximum atomic E-state index is 13.4. The Hall–Kier alpha value is -3.68. The molecule has 174 valence electrons. The lowest BCUT2D eigenvalue weighted by molar-refractivity contribution is -0.116. The number of hydrogen-bond donors (Lipinski definition) is 2. The minimum absolute atomic E-state index is 0.0823. The average molecular weight is 452 g/mol. The van der Waals surface area contributed by atoms with E-state index < -0.39 is 0 Å². The third-order valence-corrected chi connectivity index (χ3v) is 5.04. The summed E-state index contributed by atoms with van der Waals surface area (Å²) >= 11 is 0. The number of carbonyl (C=O) groups excluding carboxylic acids is 2. The molecule has 0 atom stereocenters. The predicted molar refractivity (Wildman–Crippen MR) is 128 cm³/mol. The molecule has 0 aliphatic rings. The van der Waals surface area contributed by atoms with Crippen LogP contribution in [0.1, 0.15) is 33.1 Å². The van der Waals surface area contributed by atoms with Crippen molar-refractivity contribution in [3.05, 3.63) is 66.5 Å². The van der Waals surface area contributed by atoms with Crippen molar-refractivity contribution < 1.29 is 14.0 Å². The van der Waals surface area contributed by atoms with Crippen LogP contribution in [0.4, 0.5) is 15.0 Å². The van der Waals surface area contributed by atoms with E-state index in [-0.39, 0.29) is 24.3 Å². The Morgan fingerprint density at radius 2 is 1.76 bits per heavy atom. The van der Waals surface area contributed by atoms with Gasteiger partial charge in [-0.3, -0.25) is 4.79 Å². The summed E-state index contributed by atoms with van der Waals surface area (Å²) in [5.41, 5.74) is 2.16. The van der Waals surface area contributed by atoms with E-state index in [9.17, 15) is 14.0 Å². The highest BCUT2D eigenvalue weighted by Gasteiger charge is 2.19. The fourth-order valence-corrected chi connectivity index (χ4v) is 3.36. The molecule has 0 spiro atoms. The fourth-order valence-electron chi connectivity index (χ4n) is 3.36. The number of halogens is 1. The van der Waals surface area contributed by atoms with Gasteiger partial charge in [-0.1, -0.05) is 50.6 Å². The largest absolute Gasteiger partial charge is 0.338 e. The van der Waals surface area contributed by atoms with Crippen molar-refractivity contribution in [1.29, 1.82) is 0 Å². The molecule has 0 bridgehead atoms. The number of hydrogen-bond acceptors (Lipinski definition) is 3. The molecule has 0 aliphatic heterocycles. The number of aromatic nitrogens is 2. The molecule has 0 radical (unpaired) electrons. The van der Waals surface area contributed by atoms with Gasteiger partial charge < -0.3 is 15.5 Å². The Bertz CT molecular complexity index is 1050. The second kappa shape index (κ2) is 11.8. The molecule has 1 heterocycles. The van der Waals surface area contributed by atoms with E-state index in [1.165, 1.54) is 17.0 Å². The van der Waals surface area contributed by atoms with Crippen LogP contribution in [-0.4, -0.2) is 46.3 Å². The molecule has 0 saturated carbocycles. The number of nitrogens with zero attached hydrogens (tertiary/aromatic N) is 3. The molecule has 3 amide bonds. The molecule has 3 rings (SSSR count). The van der Waals surface area contributed by atoms with Crippen molar-refractivity contribution in [2.75, 3.05) is 25.0 Å². The molecule has 0 fully saturated rings. The van der Waals surface area contributed by atoms with Gasteiger partial charge in [-0.25, -0.2) is 13.9 Å². The molecular weight excluding hydrogens is 421 g/mol. The summed E-state index contributed by atoms with van der Waals surface area (Å²) in [6.07, 6.45) is 2.60. The zero-order valence-corrected chi connectivity index (χ0v) is 19.1. The Labute approximate surface area is 193 Å². The lowest BCUT2D eigenvalue weighted by Crippen LogP contribution is -2.44. The zero-order chi connectivity index (χ0) is 23.6. The number of urea groups is 1. The molecule has 3 aromatic rings. The highest BCUT2D eigenvalue weighted by atomic mass is 19.1. The normalized spacial score (nSPS) is 10.6. The van der Waals surface area contributed by atoms with Crippen LogP contribution in [0.25, 0.3) is 16.9 Å². The molecule has 2 N–H and O–H groups in total. The summed E-state index contributed by atoms with van der Waals surface area (Å²) in [6, 6.07) is 17.0. The second-order valence-electron chi connectivity index (χ2n) is 7.72. The van der Waals surface area contributed by atoms with Crippen LogP contribution in [0.5, 0.6) is 0 Å². The summed E-state index contributed by atoms with van der Waals surface area (Å²) in [4.78, 5) is 26.9. The van der Waals surface area contributed by atoms with Crippen molar-refractivity contribution in [3.8, 4) is 16.9 Å². The van der Waals surface area contributed by atoms with Gasteiger partial charge in [-0.05, 0) is 37.1 Å². The lowest BCUT2D eigenvalue weighted by atomic mass is 10.1. The van der Waals surface area contributed by atoms with Crippen molar-refractivity contribution in [1.82, 2.24) is 20.0 Å². The van der Waals surface area contributed by atoms with E-state index in [2.05, 4.69) is 22.7 Å². The Kier molecular flexibility index (Phi) is 8.57. The number of unbranched alkanes of at least 4 members (excludes halogenated alkanes) is 1. The molecule has 0 saturated heterocycles. The van der Waals surface area contributed by atoms with Crippen LogP contribution < -0.4 is 10.6 Å². The fraction of sp³-hybridized carbons (Fsp3) is 0.320. The quantitative estimate of drug-likeness (QED) is 0.433. The molecule has 0 aliphatic carbocycles. The SMILES string of the molecule is CCCCNC(=O)N(CCC)CC(=O)Nc1cc(-c2ccccc2)nn1-c1ccc(F)cc1. The van der Waals surface area contributed by atoms with Gasteiger partial charge in [0.15, 0.2) is 0 Å². The van der Waals surface area contributed by atoms with Crippen LogP contribution in [0.3, 0.4) is 0 Å². The first-order chi connectivity index (χ1) is 16.0. The number of anilines is 1. The molecule has 8 heteroatoms. The van der Waals surface area contributed by atoms with Crippen molar-refractivity contribution >= 4 is 17.8 Å². The van der Waals surface area contributed by atoms with Gasteiger partial charge in [-0.2, -0.15) is 5.10 Å². The number of nitrogens with one attached hydrogen (secondary N) is 2. The molecular formula is C25H30FN5O2. The van der Waals surface area contributed by atoms with Crippen molar-refractivity contribution in [2.45, 2.75) is 33.1 Å². The summed E-state index contributed by atoms with van der Waals surface area (Å²) in [5, 5.41) is 10.4. The molecule has 2 aromatic carbocycles. The van der Waals surface area contributed by atoms with E-state index in [1.54, 1.807) is 22.9 Å². The van der Waals surface area contributed by atoms with Crippen molar-refractivity contribution in [2.24, 2.45) is 0 Å². The van der Waals surface area contributed by atoms with Gasteiger partial charge in [0.1, 0.15) is 18.2 Å². The Morgan fingerprint density at radius 3 is 2.42 bits per heavy atom. The van der Waals surface area contributed by atoms with Crippen molar-refractivity contribution in [3.63, 3.8) is 0 Å². The number of benzene rings is 2. The minimum atomic E-state index is -0.357. The first kappa shape index (κ1) is 24.0. The summed E-state index contributed by atoms with van der Waals surface area (Å²) in [6.45, 7) is 4.98. The molecule has 0 unspecified atom stereocenters. The van der Waals surface area contributed by atoms with E-state index in [0.29, 0.717) is 30.3 Å². The van der Waals surface area contributed by atoms with Gasteiger partial charge in [0.25, 0.3) is 0 Å². The van der Waals surface area contributed by atoms with Gasteiger partial charge in [0, 0.05) is 24.7 Å². The second-order valence-corrected chi connectivity index (χ2v) is 7.72. The van der Waals surface area contributed by atoms with E-state index in [4.69, 9.17) is 0 Å². The standard InChI is InChI=1S/C25H30FN5O2/c1-3-5-15-27-25(33)30(16-4-2)18-24(32)28-23-17-22(19-9-7-6-8-10-19)29-31(23)21-13-11-20(26)12-14-21/h6-14,17H,3-5,15-16,18H2,1-2H3,(H,27,33)(H,28,32). The Morgan fingerprint density at radius 1 is 1.03 bits per heavy atom. The van der Waals surface area contributed by atoms with E-state index >= 15 is 0 Å². The monoisotopic (exact) mass is 451 g/mol. The van der Waals surface area contributed by atoms with Crippen LogP contribution in [0.2, 0.25) is 0 Å². The lowest BCUT2D eigenvalue weighted by Gasteiger charge is -2.22. The minimum Gasteiger partial charge on any atom is -0.338 e. The van der Waals surface area contributed by atoms with Gasteiger partial charge in [-0.15, -0.1) is 0 Å². The first-order valence-corrected chi connectivity index (χ1v) is 11.3. The first-order valence-electron chi connectivity index (χ1n) is 11.3. The summed E-state index contributed by atoms with van der Waals surface area (Å²) < 4.78 is 15.0. The topological polar surface area (TPSA) is 79.3 Å². The van der Waals surface area contributed by atoms with Crippen LogP contribution in [-0.2, 0) is 4.79 Å². The third-order valence-electron chi connectivity index (χ3n) is 5.04. The van der Waals surface area contributed by atoms with Gasteiger partial charge >= 0.3 is 6.03 Å². The number of amides is 3. The van der Waals surface area contributed by atoms with Crippen LogP contribution in [0, 0.1) is 5.82 Å². The maximum absolute atomic E-state index is 13.4. The zero-order valence-electron chi connectivity index (χ0n) is 19.1. The Balaban J connectivity index is 1.81. The van der Waals surface area contributed by atoms with Gasteiger partial charge in [0.2, 0.25) is 5.91 Å². The highest BCUT2D eigenvalue weighted by Crippen LogP contribution is 2.25. The molecule has 1 aromatic heterocycles. The third kappa shape index (κ3) is 6.65. The maximum Gasteiger partial charge on any atom is 0.317 e. The van der Waals surface area contributed by atoms with E-state index in [0.717, 1.165) is 24.8 Å². The van der Waals surface area contributed by atoms with E-state index in [1.807, 2.05) is 37.3 Å². The summed E-state index contributed by atoms with van der Waals surface area (Å²) in [7, 11) is 0. The smallest absolute Gasteiger partial charge is 0.317 e. The summed E-state index contributed by atoms with van der Waals surface area (Å²) in [5.74, 6) is -0.255. The van der Waals surface area contributed by atoms with Crippen LogP contribution >= 0.6 is 0 Å². The number of carbonyl (C=O) groups is 2. The van der Waals surface area contributed by atoms with Crippen LogP contribution in [0.15, 0.2) is 60.7 Å². The highest BCUT2D eigenvalue weighted by molar-refractivity contribution is 5.94. The predicted octanol–water partition coefficient (Wildman–Crippen LogP) is 4.84.